The number of carboxylic acid groups (broad SMARTS) is 2. The number of hydrogen-bond acceptors (Lipinski definition) is 10. The van der Waals surface area contributed by atoms with Gasteiger partial charge in [-0.25, -0.2) is 19.6 Å². The Kier molecular flexibility index (Phi) is 7.92. The fourth-order valence-corrected chi connectivity index (χ4v) is 8.94. The molecule has 0 spiro atoms. The van der Waals surface area contributed by atoms with E-state index in [0.717, 1.165) is 22.7 Å². The molecule has 0 aliphatic rings. The normalized spacial score (nSPS) is 11.3. The van der Waals surface area contributed by atoms with Crippen molar-refractivity contribution < 1.29 is 29.4 Å². The van der Waals surface area contributed by atoms with Crippen LogP contribution in [0.3, 0.4) is 0 Å². The highest BCUT2D eigenvalue weighted by Gasteiger charge is 2.29. The molecule has 0 saturated carbocycles. The molecular formula is C38H22N8O6S2. The van der Waals surface area contributed by atoms with E-state index in [4.69, 9.17) is 21.4 Å². The average Bonchev–Trinajstić information content (AvgIpc) is 3.92. The van der Waals surface area contributed by atoms with Crippen molar-refractivity contribution in [3.63, 3.8) is 0 Å². The SMILES string of the molecule is N#Cc1cccc2sc(C(=O)O)c(-c3nc4cc(C(N)=O)ccc4n3CCn3c(-c4c(C(=O)O)sc5cccc(C#N)c45)nc4cc(C(N)=O)ccc43)c12. The smallest absolute Gasteiger partial charge is 0.346 e. The molecule has 8 rings (SSSR count). The number of nitriles is 2. The van der Waals surface area contributed by atoms with Crippen LogP contribution in [-0.2, 0) is 13.1 Å². The molecule has 6 N–H and O–H groups in total. The van der Waals surface area contributed by atoms with Crippen LogP contribution in [0.15, 0.2) is 72.8 Å². The summed E-state index contributed by atoms with van der Waals surface area (Å²) in [6.45, 7) is 0.164. The van der Waals surface area contributed by atoms with Gasteiger partial charge in [-0.3, -0.25) is 9.59 Å². The second-order valence-electron chi connectivity index (χ2n) is 12.1. The topological polar surface area (TPSA) is 244 Å². The zero-order valence-electron chi connectivity index (χ0n) is 27.5. The highest BCUT2D eigenvalue weighted by molar-refractivity contribution is 7.22. The van der Waals surface area contributed by atoms with Gasteiger partial charge < -0.3 is 30.8 Å². The van der Waals surface area contributed by atoms with Crippen LogP contribution in [0.4, 0.5) is 0 Å². The van der Waals surface area contributed by atoms with Gasteiger partial charge in [0.2, 0.25) is 11.8 Å². The third-order valence-corrected chi connectivity index (χ3v) is 11.4. The standard InChI is InChI=1S/C38H22N8O6S2/c39-15-19-3-1-5-25-27(19)29(31(53-25)37(49)50)35-43-21-13-17(33(41)47)7-9-23(21)45(35)11-12-46-24-10-8-18(34(42)48)14-22(24)44-36(46)30-28-20(16-40)4-2-6-26(28)54-32(30)38(51)52/h1-10,13-14H,11-12H2,(H2,41,47)(H2,42,48)(H,49,50)(H,51,52). The predicted molar refractivity (Wildman–Crippen MR) is 201 cm³/mol. The van der Waals surface area contributed by atoms with Gasteiger partial charge in [-0.1, -0.05) is 12.1 Å². The molecule has 0 saturated heterocycles. The molecule has 8 aromatic rings. The lowest BCUT2D eigenvalue weighted by molar-refractivity contribution is 0.0692. The van der Waals surface area contributed by atoms with Crippen molar-refractivity contribution in [2.75, 3.05) is 0 Å². The van der Waals surface area contributed by atoms with Crippen molar-refractivity contribution in [3.8, 4) is 34.9 Å². The van der Waals surface area contributed by atoms with E-state index in [2.05, 4.69) is 12.1 Å². The number of thiophene rings is 2. The number of aromatic carboxylic acids is 2. The Morgan fingerprint density at radius 1 is 0.648 bits per heavy atom. The molecule has 4 aromatic carbocycles. The van der Waals surface area contributed by atoms with E-state index in [-0.39, 0.29) is 67.9 Å². The van der Waals surface area contributed by atoms with Gasteiger partial charge in [0.15, 0.2) is 0 Å². The Balaban J connectivity index is 1.40. The number of amides is 2. The number of carbonyl (C=O) groups is 4. The summed E-state index contributed by atoms with van der Waals surface area (Å²) in [6.07, 6.45) is 0. The molecule has 0 fully saturated rings. The minimum Gasteiger partial charge on any atom is -0.477 e. The van der Waals surface area contributed by atoms with E-state index in [1.807, 2.05) is 0 Å². The van der Waals surface area contributed by atoms with Gasteiger partial charge in [0, 0.05) is 44.4 Å². The highest BCUT2D eigenvalue weighted by atomic mass is 32.1. The molecule has 4 aromatic heterocycles. The lowest BCUT2D eigenvalue weighted by Crippen LogP contribution is -2.12. The first-order valence-electron chi connectivity index (χ1n) is 16.0. The minimum atomic E-state index is -1.22. The summed E-state index contributed by atoms with van der Waals surface area (Å²) in [6, 6.07) is 23.6. The maximum absolute atomic E-state index is 12.7. The first-order chi connectivity index (χ1) is 26.0. The molecule has 2 amide bonds. The van der Waals surface area contributed by atoms with Crippen LogP contribution in [0.25, 0.3) is 65.0 Å². The van der Waals surface area contributed by atoms with E-state index >= 15 is 0 Å². The maximum Gasteiger partial charge on any atom is 0.346 e. The summed E-state index contributed by atoms with van der Waals surface area (Å²) in [5, 5.41) is 41.7. The molecule has 4 heterocycles. The number of carboxylic acids is 2. The molecule has 54 heavy (non-hydrogen) atoms. The van der Waals surface area contributed by atoms with Crippen LogP contribution in [0.2, 0.25) is 0 Å². The Morgan fingerprint density at radius 2 is 1.06 bits per heavy atom. The van der Waals surface area contributed by atoms with Crippen LogP contribution in [0.1, 0.15) is 51.2 Å². The Hall–Kier alpha value is -7.40. The fourth-order valence-electron chi connectivity index (χ4n) is 6.81. The van der Waals surface area contributed by atoms with Crippen LogP contribution in [-0.4, -0.2) is 53.1 Å². The Labute approximate surface area is 311 Å². The molecule has 14 nitrogen and oxygen atoms in total. The number of rotatable bonds is 9. The van der Waals surface area contributed by atoms with Gasteiger partial charge in [-0.2, -0.15) is 10.5 Å². The number of nitrogens with zero attached hydrogens (tertiary/aromatic N) is 6. The summed E-state index contributed by atoms with van der Waals surface area (Å²) < 4.78 is 4.65. The quantitative estimate of drug-likeness (QED) is 0.130. The number of aromatic nitrogens is 4. The lowest BCUT2D eigenvalue weighted by atomic mass is 10.0. The van der Waals surface area contributed by atoms with Gasteiger partial charge in [0.1, 0.15) is 21.4 Å². The minimum absolute atomic E-state index is 0.0491. The third kappa shape index (κ3) is 5.21. The van der Waals surface area contributed by atoms with Crippen molar-refractivity contribution >= 4 is 88.7 Å². The van der Waals surface area contributed by atoms with E-state index in [1.165, 1.54) is 24.3 Å². The summed E-state index contributed by atoms with van der Waals surface area (Å²) >= 11 is 2.00. The van der Waals surface area contributed by atoms with Crippen LogP contribution >= 0.6 is 22.7 Å². The van der Waals surface area contributed by atoms with Crippen molar-refractivity contribution in [2.45, 2.75) is 13.1 Å². The van der Waals surface area contributed by atoms with Crippen LogP contribution < -0.4 is 11.5 Å². The van der Waals surface area contributed by atoms with E-state index in [0.29, 0.717) is 42.2 Å². The number of fused-ring (bicyclic) bond motifs is 4. The first kappa shape index (κ1) is 33.7. The number of benzene rings is 4. The second kappa shape index (κ2) is 12.7. The summed E-state index contributed by atoms with van der Waals surface area (Å²) in [7, 11) is 0. The van der Waals surface area contributed by atoms with Crippen LogP contribution in [0.5, 0.6) is 0 Å². The summed E-state index contributed by atoms with van der Waals surface area (Å²) in [4.78, 5) is 59.4. The van der Waals surface area contributed by atoms with Crippen molar-refractivity contribution in [2.24, 2.45) is 11.5 Å². The van der Waals surface area contributed by atoms with E-state index in [1.54, 1.807) is 57.7 Å². The average molecular weight is 751 g/mol. The van der Waals surface area contributed by atoms with Gasteiger partial charge in [0.05, 0.1) is 56.5 Å². The summed E-state index contributed by atoms with van der Waals surface area (Å²) in [5.41, 5.74) is 14.2. The zero-order valence-corrected chi connectivity index (χ0v) is 29.2. The van der Waals surface area contributed by atoms with E-state index in [9.17, 15) is 39.9 Å². The zero-order chi connectivity index (χ0) is 38.0. The van der Waals surface area contributed by atoms with Crippen molar-refractivity contribution in [1.29, 1.82) is 10.5 Å². The summed E-state index contributed by atoms with van der Waals surface area (Å²) in [5.74, 6) is -3.41. The van der Waals surface area contributed by atoms with Gasteiger partial charge in [-0.15, -0.1) is 22.7 Å². The number of carbonyl (C=O) groups excluding carboxylic acids is 2. The van der Waals surface area contributed by atoms with Crippen molar-refractivity contribution in [3.05, 3.63) is 105 Å². The largest absolute Gasteiger partial charge is 0.477 e. The lowest BCUT2D eigenvalue weighted by Gasteiger charge is -2.14. The third-order valence-electron chi connectivity index (χ3n) is 9.12. The monoisotopic (exact) mass is 750 g/mol. The molecule has 0 atom stereocenters. The number of aryl methyl sites for hydroxylation is 2. The number of nitrogens with two attached hydrogens (primary N) is 2. The highest BCUT2D eigenvalue weighted by Crippen LogP contribution is 2.43. The molecule has 262 valence electrons. The van der Waals surface area contributed by atoms with Gasteiger partial charge in [-0.05, 0) is 60.7 Å². The van der Waals surface area contributed by atoms with Gasteiger partial charge in [0.25, 0.3) is 0 Å². The van der Waals surface area contributed by atoms with Gasteiger partial charge >= 0.3 is 11.9 Å². The second-order valence-corrected chi connectivity index (χ2v) is 14.2. The van der Waals surface area contributed by atoms with Crippen LogP contribution in [0, 0.1) is 22.7 Å². The fraction of sp³-hybridized carbons (Fsp3) is 0.0526. The number of imidazole rings is 2. The maximum atomic E-state index is 12.7. The Morgan fingerprint density at radius 3 is 1.41 bits per heavy atom. The predicted octanol–water partition coefficient (Wildman–Crippen LogP) is 6.19. The van der Waals surface area contributed by atoms with Crippen molar-refractivity contribution in [1.82, 2.24) is 19.1 Å². The molecule has 16 heteroatoms. The van der Waals surface area contributed by atoms with E-state index < -0.39 is 23.8 Å². The Bertz CT molecular complexity index is 2860. The number of primary amides is 2. The molecule has 0 radical (unpaired) electrons. The molecule has 0 aliphatic heterocycles. The first-order valence-corrected chi connectivity index (χ1v) is 17.6. The molecular weight excluding hydrogens is 729 g/mol. The molecule has 0 unspecified atom stereocenters. The molecule has 0 aliphatic carbocycles. The molecule has 0 bridgehead atoms. The number of hydrogen-bond donors (Lipinski definition) is 4.